The van der Waals surface area contributed by atoms with Gasteiger partial charge in [0.15, 0.2) is 0 Å². The summed E-state index contributed by atoms with van der Waals surface area (Å²) in [6.07, 6.45) is 1.02. The second-order valence-corrected chi connectivity index (χ2v) is 35.4. The van der Waals surface area contributed by atoms with E-state index in [0.717, 1.165) is 61.5 Å². The lowest BCUT2D eigenvalue weighted by Gasteiger charge is -2.39. The third kappa shape index (κ3) is 13.2. The summed E-state index contributed by atoms with van der Waals surface area (Å²) in [4.78, 5) is 7.52. The minimum atomic E-state index is -0.0139. The smallest absolute Gasteiger partial charge is 0.328 e. The van der Waals surface area contributed by atoms with Gasteiger partial charge >= 0.3 is 20.5 Å². The van der Waals surface area contributed by atoms with Crippen LogP contribution in [0.15, 0.2) is 482 Å². The maximum atomic E-state index is 6.19. The highest BCUT2D eigenvalue weighted by Gasteiger charge is 2.41. The minimum Gasteiger partial charge on any atom is -0.456 e. The van der Waals surface area contributed by atoms with Crippen molar-refractivity contribution in [2.45, 2.75) is 6.42 Å². The molecule has 0 amide bonds. The van der Waals surface area contributed by atoms with Crippen molar-refractivity contribution in [3.05, 3.63) is 484 Å². The molecule has 4 aliphatic rings. The number of para-hydroxylation sites is 6. The number of benzene rings is 20. The Morgan fingerprint density at radius 3 is 1.15 bits per heavy atom. The number of hydrogen-bond donors (Lipinski definition) is 0. The molecule has 3 aromatic heterocycles. The summed E-state index contributed by atoms with van der Waals surface area (Å²) in [6.45, 7) is 0.159. The van der Waals surface area contributed by atoms with E-state index < -0.39 is 0 Å². The molecule has 0 unspecified atom stereocenters. The van der Waals surface area contributed by atoms with Crippen LogP contribution in [0, 0.1) is 0 Å². The first kappa shape index (κ1) is 76.3. The Balaban J connectivity index is 0.000000107. The topological polar surface area (TPSA) is 36.0 Å². The molecule has 23 aromatic rings. The minimum absolute atomic E-state index is 0.0139. The van der Waals surface area contributed by atoms with E-state index in [1.165, 1.54) is 176 Å². The first-order valence-electron chi connectivity index (χ1n) is 44.9. The number of fused-ring (bicyclic) bond motifs is 21. The van der Waals surface area contributed by atoms with Crippen LogP contribution in [0.2, 0.25) is 0 Å². The van der Waals surface area contributed by atoms with Crippen LogP contribution in [0.5, 0.6) is 0 Å². The fraction of sp³-hybridized carbons (Fsp3) is 0.00826. The number of rotatable bonds is 10. The highest BCUT2D eigenvalue weighted by atomic mass is 32.1. The quantitative estimate of drug-likeness (QED) is 0.128. The van der Waals surface area contributed by atoms with Gasteiger partial charge in [0.1, 0.15) is 22.3 Å². The Labute approximate surface area is 760 Å². The molecule has 1 aliphatic carbocycles. The van der Waals surface area contributed by atoms with Gasteiger partial charge in [-0.05, 0) is 228 Å². The lowest BCUT2D eigenvalue weighted by atomic mass is 9.45. The third-order valence-electron chi connectivity index (χ3n) is 27.0. The fourth-order valence-electron chi connectivity index (χ4n) is 21.1. The van der Waals surface area contributed by atoms with Crippen molar-refractivity contribution >= 4 is 163 Å². The van der Waals surface area contributed by atoms with Crippen molar-refractivity contribution in [2.75, 3.05) is 14.4 Å². The van der Waals surface area contributed by atoms with Crippen LogP contribution in [0.3, 0.4) is 0 Å². The maximum absolute atomic E-state index is 6.19. The third-order valence-corrected chi connectivity index (χ3v) is 28.2. The van der Waals surface area contributed by atoms with Gasteiger partial charge in [-0.1, -0.05) is 368 Å². The van der Waals surface area contributed by atoms with E-state index in [0.29, 0.717) is 0 Å². The second-order valence-electron chi connectivity index (χ2n) is 34.3. The highest BCUT2D eigenvalue weighted by Crippen LogP contribution is 2.49. The molecular weight excluding hydrogens is 1590 g/mol. The van der Waals surface area contributed by atoms with Gasteiger partial charge in [-0.25, -0.2) is 0 Å². The Kier molecular flexibility index (Phi) is 18.8. The zero-order chi connectivity index (χ0) is 85.7. The molecule has 0 fully saturated rings. The van der Waals surface area contributed by atoms with Crippen LogP contribution in [0.4, 0.5) is 34.1 Å². The van der Waals surface area contributed by atoms with Gasteiger partial charge < -0.3 is 23.3 Å². The van der Waals surface area contributed by atoms with Crippen molar-refractivity contribution in [3.8, 4) is 89.0 Å². The van der Waals surface area contributed by atoms with Gasteiger partial charge in [0.2, 0.25) is 0 Å². The molecule has 0 saturated heterocycles. The average Bonchev–Trinajstić information content (AvgIpc) is 1.55. The van der Waals surface area contributed by atoms with E-state index in [1.807, 2.05) is 35.6 Å². The molecule has 0 bridgehead atoms. The summed E-state index contributed by atoms with van der Waals surface area (Å²) in [5.41, 5.74) is 41.6. The Morgan fingerprint density at radius 2 is 0.569 bits per heavy atom. The Morgan fingerprint density at radius 1 is 0.200 bits per heavy atom. The molecule has 27 rings (SSSR count). The average molecular weight is 1670 g/mol. The fourth-order valence-corrected chi connectivity index (χ4v) is 22.2. The van der Waals surface area contributed by atoms with Crippen LogP contribution >= 0.6 is 11.3 Å². The molecule has 20 aromatic carbocycles. The monoisotopic (exact) mass is 1670 g/mol. The predicted octanol–water partition coefficient (Wildman–Crippen LogP) is 28.2. The molecule has 9 heteroatoms. The molecule has 0 spiro atoms. The number of nitrogens with zero attached hydrogens (tertiary/aromatic N) is 3. The zero-order valence-electron chi connectivity index (χ0n) is 71.0. The summed E-state index contributed by atoms with van der Waals surface area (Å²) >= 11 is 1.87. The van der Waals surface area contributed by atoms with Crippen molar-refractivity contribution in [1.29, 1.82) is 0 Å². The Hall–Kier alpha value is -16.2. The molecule has 6 heterocycles. The van der Waals surface area contributed by atoms with Crippen LogP contribution in [-0.4, -0.2) is 20.5 Å². The number of thiophene rings is 1. The largest absolute Gasteiger partial charge is 0.456 e. The van der Waals surface area contributed by atoms with E-state index in [-0.39, 0.29) is 20.5 Å². The standard InChI is InChI=1S/C48H30BNO2.C37H26BN.C36H24BNS/c1-3-11-35(12-4-1)49-43-23-19-31(33-21-25-47-41(29-33)37-15-7-9-17-45(37)51-47)27-39(43)40-28-32(20-24-44(40)50(49)36-13-5-2-6-14-36)34-22-26-48-42(30-34)38-16-8-10-18-46(38)52-48;1-2-13-30(14-3-1)39-36-20-9-7-17-34(36)33-16-6-8-19-35(33)38(39)29-23-21-26(22-24-29)31-18-10-12-28-25-27-11-4-5-15-32(27)37(28)31;1-2-10-27(11-3-1)37-33-15-7-4-12-29(33)30-13-5-8-16-34(30)38(37)28-21-18-25(19-22-28)26-20-23-36-32(24-26)31-14-6-9-17-35(31)39-36/h1-30H;1-24H,25H2;1-24H. The van der Waals surface area contributed by atoms with Crippen molar-refractivity contribution < 1.29 is 8.83 Å². The molecule has 3 aliphatic heterocycles. The van der Waals surface area contributed by atoms with Crippen molar-refractivity contribution in [1.82, 2.24) is 0 Å². The summed E-state index contributed by atoms with van der Waals surface area (Å²) in [5.74, 6) is 0. The molecule has 0 radical (unpaired) electrons. The zero-order valence-corrected chi connectivity index (χ0v) is 71.9. The Bertz CT molecular complexity index is 8120. The highest BCUT2D eigenvalue weighted by molar-refractivity contribution is 7.25. The summed E-state index contributed by atoms with van der Waals surface area (Å²) < 4.78 is 15.1. The van der Waals surface area contributed by atoms with Gasteiger partial charge in [0.25, 0.3) is 0 Å². The maximum Gasteiger partial charge on any atom is 0.328 e. The van der Waals surface area contributed by atoms with Gasteiger partial charge in [0, 0.05) is 92.5 Å². The molecule has 0 atom stereocenters. The molecule has 130 heavy (non-hydrogen) atoms. The number of anilines is 6. The summed E-state index contributed by atoms with van der Waals surface area (Å²) in [6, 6.07) is 172. The van der Waals surface area contributed by atoms with Gasteiger partial charge in [0.05, 0.1) is 0 Å². The van der Waals surface area contributed by atoms with Crippen LogP contribution in [0.25, 0.3) is 153 Å². The summed E-state index contributed by atoms with van der Waals surface area (Å²) in [7, 11) is 0. The molecule has 0 saturated carbocycles. The van der Waals surface area contributed by atoms with E-state index in [1.54, 1.807) is 0 Å². The van der Waals surface area contributed by atoms with Crippen molar-refractivity contribution in [3.63, 3.8) is 0 Å². The van der Waals surface area contributed by atoms with Crippen LogP contribution < -0.4 is 47.2 Å². The first-order valence-corrected chi connectivity index (χ1v) is 45.7. The second kappa shape index (κ2) is 32.0. The van der Waals surface area contributed by atoms with Gasteiger partial charge in [-0.3, -0.25) is 0 Å². The SMILES string of the molecule is c1ccc(B2c3ccc(-c4ccc5oc6ccccc6c5c4)cc3-c3cc(-c4ccc5oc6ccccc6c5c4)ccc3N2c2ccccc2)cc1.c1ccc(B2c3ccccc3-c3ccccc3N2c2ccc(-c3ccc4sc5ccccc5c4c3)cc2)cc1.c1ccc(N2B(c3ccc(-c4cccc5c4-c4ccccc4C5)cc3)c3ccccc3-c3ccccc32)cc1. The first-order chi connectivity index (χ1) is 64.5. The van der Waals surface area contributed by atoms with Crippen molar-refractivity contribution in [2.24, 2.45) is 0 Å². The van der Waals surface area contributed by atoms with Crippen LogP contribution in [-0.2, 0) is 6.42 Å². The van der Waals surface area contributed by atoms with E-state index in [9.17, 15) is 0 Å². The lowest BCUT2D eigenvalue weighted by molar-refractivity contribution is 0.668. The molecular formula is C121H80B3N3O2S. The number of furan rings is 2. The van der Waals surface area contributed by atoms with E-state index >= 15 is 0 Å². The molecule has 606 valence electrons. The number of hydrogen-bond acceptors (Lipinski definition) is 6. The van der Waals surface area contributed by atoms with Gasteiger partial charge in [-0.2, -0.15) is 0 Å². The van der Waals surface area contributed by atoms with Crippen LogP contribution in [0.1, 0.15) is 11.1 Å². The molecule has 0 N–H and O–H groups in total. The predicted molar refractivity (Wildman–Crippen MR) is 553 cm³/mol. The normalized spacial score (nSPS) is 12.6. The lowest BCUT2D eigenvalue weighted by Crippen LogP contribution is -2.57. The van der Waals surface area contributed by atoms with E-state index in [4.69, 9.17) is 8.83 Å². The summed E-state index contributed by atoms with van der Waals surface area (Å²) in [5, 5.41) is 7.21. The van der Waals surface area contributed by atoms with E-state index in [2.05, 4.69) is 463 Å². The molecule has 5 nitrogen and oxygen atoms in total. The van der Waals surface area contributed by atoms with Gasteiger partial charge in [-0.15, -0.1) is 11.3 Å².